The molecule has 1 spiro atoms. The van der Waals surface area contributed by atoms with Crippen LogP contribution in [0.5, 0.6) is 0 Å². The molecule has 4 fully saturated rings. The summed E-state index contributed by atoms with van der Waals surface area (Å²) in [6.45, 7) is 5.42. The van der Waals surface area contributed by atoms with E-state index < -0.39 is 30.1 Å². The summed E-state index contributed by atoms with van der Waals surface area (Å²) >= 11 is 0. The van der Waals surface area contributed by atoms with Crippen molar-refractivity contribution in [1.29, 1.82) is 0 Å². The van der Waals surface area contributed by atoms with Gasteiger partial charge < -0.3 is 25.0 Å². The summed E-state index contributed by atoms with van der Waals surface area (Å²) in [6.07, 6.45) is 11.5. The normalized spacial score (nSPS) is 27.0. The van der Waals surface area contributed by atoms with Crippen LogP contribution in [0.25, 0.3) is 10.9 Å². The van der Waals surface area contributed by atoms with Crippen LogP contribution in [0.15, 0.2) is 24.3 Å². The Labute approximate surface area is 294 Å². The number of hydrogen-bond acceptors (Lipinski definition) is 6. The lowest BCUT2D eigenvalue weighted by Gasteiger charge is -2.38. The number of alkyl halides is 1. The first-order chi connectivity index (χ1) is 24.0. The van der Waals surface area contributed by atoms with Crippen molar-refractivity contribution in [1.82, 2.24) is 14.8 Å². The second-order valence-electron chi connectivity index (χ2n) is 16.5. The molecule has 11 heteroatoms. The number of benzene rings is 1. The molecule has 2 aliphatic heterocycles. The molecule has 1 saturated heterocycles. The fraction of sp³-hybridized carbons (Fsp3) is 0.692. The predicted molar refractivity (Wildman–Crippen MR) is 187 cm³/mol. The van der Waals surface area contributed by atoms with Gasteiger partial charge in [-0.2, -0.15) is 0 Å². The molecule has 2 N–H and O–H groups in total. The van der Waals surface area contributed by atoms with Crippen molar-refractivity contribution in [3.8, 4) is 0 Å². The quantitative estimate of drug-likeness (QED) is 0.278. The molecule has 3 aliphatic carbocycles. The molecule has 1 aromatic heterocycles. The Bertz CT molecular complexity index is 1610. The number of nitrogens with one attached hydrogen (secondary N) is 2. The standard InChI is InChI=1S/C39H53FN4O6/c1-38(2,3)50-37(48)42-30(16-20-40)25-10-12-26(13-11-25)35(46)43-21-17-29(24-8-5-4-6-9-24)33(43)34(45)41-28-14-15-31-27(22-28)23-32-36(47)49-39(44(31)32)18-7-19-39/h14-15,22-26,29-30,33H,4-13,16-21H2,1-3H3,(H,41,45)(H,42,48)/t25-,26-,29-,30+,33-/m0/s1. The molecule has 0 radical (unpaired) electrons. The highest BCUT2D eigenvalue weighted by molar-refractivity contribution is 6.02. The van der Waals surface area contributed by atoms with Crippen molar-refractivity contribution >= 4 is 40.5 Å². The van der Waals surface area contributed by atoms with Gasteiger partial charge in [0, 0.05) is 42.4 Å². The fourth-order valence-electron chi connectivity index (χ4n) is 9.63. The van der Waals surface area contributed by atoms with Gasteiger partial charge in [0.2, 0.25) is 11.8 Å². The minimum absolute atomic E-state index is 0.0349. The lowest BCUT2D eigenvalue weighted by atomic mass is 9.75. The van der Waals surface area contributed by atoms with E-state index in [1.807, 2.05) is 33.7 Å². The summed E-state index contributed by atoms with van der Waals surface area (Å²) in [4.78, 5) is 55.6. The lowest BCUT2D eigenvalue weighted by molar-refractivity contribution is -0.142. The maximum atomic E-state index is 14.3. The zero-order chi connectivity index (χ0) is 35.2. The molecule has 10 nitrogen and oxygen atoms in total. The number of likely N-dealkylation sites (tertiary alicyclic amines) is 1. The van der Waals surface area contributed by atoms with Crippen molar-refractivity contribution in [3.63, 3.8) is 0 Å². The number of carbonyl (C=O) groups is 4. The Kier molecular flexibility index (Phi) is 9.62. The van der Waals surface area contributed by atoms with Crippen molar-refractivity contribution in [2.24, 2.45) is 23.7 Å². The number of rotatable bonds is 8. The van der Waals surface area contributed by atoms with E-state index in [0.717, 1.165) is 62.3 Å². The van der Waals surface area contributed by atoms with Crippen LogP contribution >= 0.6 is 0 Å². The number of halogens is 1. The zero-order valence-corrected chi connectivity index (χ0v) is 29.8. The number of aromatic nitrogens is 1. The number of fused-ring (bicyclic) bond motifs is 4. The van der Waals surface area contributed by atoms with E-state index >= 15 is 0 Å². The minimum atomic E-state index is -0.646. The van der Waals surface area contributed by atoms with Gasteiger partial charge >= 0.3 is 12.1 Å². The second-order valence-corrected chi connectivity index (χ2v) is 16.5. The predicted octanol–water partition coefficient (Wildman–Crippen LogP) is 7.44. The Morgan fingerprint density at radius 2 is 1.74 bits per heavy atom. The van der Waals surface area contributed by atoms with E-state index in [9.17, 15) is 23.6 Å². The summed E-state index contributed by atoms with van der Waals surface area (Å²) in [5.41, 5.74) is 0.915. The smallest absolute Gasteiger partial charge is 0.407 e. The van der Waals surface area contributed by atoms with Crippen LogP contribution in [0, 0.1) is 23.7 Å². The molecular weight excluding hydrogens is 639 g/mol. The first-order valence-corrected chi connectivity index (χ1v) is 19.0. The van der Waals surface area contributed by atoms with E-state index in [0.29, 0.717) is 49.5 Å². The molecule has 3 saturated carbocycles. The number of anilines is 1. The SMILES string of the molecule is CC(C)(C)OC(=O)N[C@H](CCF)[C@H]1CC[C@H](C(=O)N2CC[C@@H](C3CCCCC3)[C@H]2C(=O)Nc2ccc3c(c2)cc2n3C3(CCC3)OC2=O)CC1. The molecule has 3 atom stereocenters. The van der Waals surface area contributed by atoms with Crippen LogP contribution in [-0.2, 0) is 24.8 Å². The molecule has 7 rings (SSSR count). The number of carbonyl (C=O) groups excluding carboxylic acids is 4. The Balaban J connectivity index is 1.05. The van der Waals surface area contributed by atoms with Crippen LogP contribution in [0.3, 0.4) is 0 Å². The van der Waals surface area contributed by atoms with E-state index in [-0.39, 0.29) is 48.0 Å². The highest BCUT2D eigenvalue weighted by Gasteiger charge is 2.51. The molecule has 0 bridgehead atoms. The summed E-state index contributed by atoms with van der Waals surface area (Å²) in [5.74, 6) is -0.0427. The third-order valence-electron chi connectivity index (χ3n) is 12.2. The summed E-state index contributed by atoms with van der Waals surface area (Å²) < 4.78 is 26.7. The molecule has 3 amide bonds. The maximum absolute atomic E-state index is 14.3. The maximum Gasteiger partial charge on any atom is 0.407 e. The molecular formula is C39H53FN4O6. The van der Waals surface area contributed by atoms with Gasteiger partial charge in [-0.15, -0.1) is 0 Å². The minimum Gasteiger partial charge on any atom is -0.444 e. The summed E-state index contributed by atoms with van der Waals surface area (Å²) in [5, 5.41) is 6.96. The van der Waals surface area contributed by atoms with Gasteiger partial charge in [0.25, 0.3) is 0 Å². The molecule has 0 unspecified atom stereocenters. The van der Waals surface area contributed by atoms with Crippen molar-refractivity contribution in [3.05, 3.63) is 30.0 Å². The highest BCUT2D eigenvalue weighted by Crippen LogP contribution is 2.48. The molecule has 3 heterocycles. The number of hydrogen-bond donors (Lipinski definition) is 2. The average Bonchev–Trinajstić information content (AvgIpc) is 3.76. The van der Waals surface area contributed by atoms with E-state index in [4.69, 9.17) is 9.47 Å². The average molecular weight is 693 g/mol. The number of esters is 1. The van der Waals surface area contributed by atoms with Gasteiger partial charge in [0.1, 0.15) is 17.3 Å². The summed E-state index contributed by atoms with van der Waals surface area (Å²) in [6, 6.07) is 6.73. The Morgan fingerprint density at radius 1 is 1.00 bits per heavy atom. The van der Waals surface area contributed by atoms with E-state index in [1.165, 1.54) is 6.42 Å². The Morgan fingerprint density at radius 3 is 2.40 bits per heavy atom. The van der Waals surface area contributed by atoms with Crippen molar-refractivity contribution in [2.45, 2.75) is 134 Å². The highest BCUT2D eigenvalue weighted by atomic mass is 19.1. The first kappa shape index (κ1) is 34.8. The van der Waals surface area contributed by atoms with Crippen LogP contribution < -0.4 is 10.6 Å². The Hall–Kier alpha value is -3.63. The first-order valence-electron chi connectivity index (χ1n) is 19.0. The van der Waals surface area contributed by atoms with Gasteiger partial charge in [0.05, 0.1) is 12.2 Å². The topological polar surface area (TPSA) is 119 Å². The molecule has 2 aromatic rings. The second kappa shape index (κ2) is 13.8. The molecule has 272 valence electrons. The van der Waals surface area contributed by atoms with E-state index in [2.05, 4.69) is 10.6 Å². The number of amides is 3. The van der Waals surface area contributed by atoms with Crippen LogP contribution in [-0.4, -0.2) is 64.2 Å². The van der Waals surface area contributed by atoms with Crippen molar-refractivity contribution in [2.75, 3.05) is 18.5 Å². The van der Waals surface area contributed by atoms with E-state index in [1.54, 1.807) is 20.8 Å². The van der Waals surface area contributed by atoms with Crippen LogP contribution in [0.1, 0.15) is 121 Å². The van der Waals surface area contributed by atoms with Crippen molar-refractivity contribution < 1.29 is 33.0 Å². The van der Waals surface area contributed by atoms with Gasteiger partial charge in [-0.1, -0.05) is 32.1 Å². The largest absolute Gasteiger partial charge is 0.444 e. The monoisotopic (exact) mass is 692 g/mol. The number of alkyl carbamates (subject to hydrolysis) is 1. The lowest BCUT2D eigenvalue weighted by Crippen LogP contribution is -2.50. The third kappa shape index (κ3) is 6.73. The molecule has 1 aromatic carbocycles. The summed E-state index contributed by atoms with van der Waals surface area (Å²) in [7, 11) is 0. The number of nitrogens with zero attached hydrogens (tertiary/aromatic N) is 2. The van der Waals surface area contributed by atoms with Crippen LogP contribution in [0.4, 0.5) is 14.9 Å². The molecule has 5 aliphatic rings. The molecule has 50 heavy (non-hydrogen) atoms. The zero-order valence-electron chi connectivity index (χ0n) is 29.8. The fourth-order valence-corrected chi connectivity index (χ4v) is 9.63. The third-order valence-corrected chi connectivity index (χ3v) is 12.2. The van der Waals surface area contributed by atoms with Gasteiger partial charge in [-0.3, -0.25) is 18.5 Å². The van der Waals surface area contributed by atoms with Gasteiger partial charge in [-0.25, -0.2) is 9.59 Å². The van der Waals surface area contributed by atoms with Gasteiger partial charge in [-0.05, 0) is 108 Å². The van der Waals surface area contributed by atoms with Gasteiger partial charge in [0.15, 0.2) is 5.72 Å². The number of ether oxygens (including phenoxy) is 2. The van der Waals surface area contributed by atoms with Crippen LogP contribution in [0.2, 0.25) is 0 Å².